The molecule has 0 unspecified atom stereocenters. The Hall–Kier alpha value is -1.93. The molecule has 1 aromatic heterocycles. The fraction of sp³-hybridized carbons (Fsp3) is 0.600. The number of pyridine rings is 1. The summed E-state index contributed by atoms with van der Waals surface area (Å²) in [6, 6.07) is 2.32. The van der Waals surface area contributed by atoms with Gasteiger partial charge in [0.25, 0.3) is 6.43 Å². The van der Waals surface area contributed by atoms with Gasteiger partial charge in [-0.05, 0) is 30.9 Å². The number of amides is 1. The number of piperidine rings is 1. The highest BCUT2D eigenvalue weighted by Gasteiger charge is 2.32. The molecule has 0 aliphatic carbocycles. The summed E-state index contributed by atoms with van der Waals surface area (Å²) in [5.41, 5.74) is -0.333. The van der Waals surface area contributed by atoms with Gasteiger partial charge in [-0.25, -0.2) is 13.8 Å². The van der Waals surface area contributed by atoms with Gasteiger partial charge in [0.1, 0.15) is 5.69 Å². The Bertz CT molecular complexity index is 539. The molecule has 1 saturated heterocycles. The first-order chi connectivity index (χ1) is 11.3. The standard InChI is InChI=1S/C15H18F5N3O/c16-13(17)9-22-14(24)7-10-3-5-23(6-4-10)11-1-2-12(21-8-11)15(18,19)20/h1-2,8,10,13H,3-7,9H2,(H,22,24). The zero-order valence-electron chi connectivity index (χ0n) is 12.8. The summed E-state index contributed by atoms with van der Waals surface area (Å²) < 4.78 is 61.5. The summed E-state index contributed by atoms with van der Waals surface area (Å²) in [5.74, 6) is -0.314. The highest BCUT2D eigenvalue weighted by Crippen LogP contribution is 2.30. The molecule has 0 atom stereocenters. The third-order valence-corrected chi connectivity index (χ3v) is 3.95. The van der Waals surface area contributed by atoms with Crippen LogP contribution in [-0.4, -0.2) is 37.0 Å². The minimum Gasteiger partial charge on any atom is -0.370 e. The number of rotatable bonds is 5. The first kappa shape index (κ1) is 18.4. The average Bonchev–Trinajstić information content (AvgIpc) is 2.53. The lowest BCUT2D eigenvalue weighted by Crippen LogP contribution is -2.36. The van der Waals surface area contributed by atoms with Crippen molar-refractivity contribution in [1.29, 1.82) is 0 Å². The summed E-state index contributed by atoms with van der Waals surface area (Å²) in [6.45, 7) is 0.522. The Labute approximate surface area is 136 Å². The third-order valence-electron chi connectivity index (χ3n) is 3.95. The number of hydrogen-bond acceptors (Lipinski definition) is 3. The molecule has 0 bridgehead atoms. The van der Waals surface area contributed by atoms with E-state index in [-0.39, 0.29) is 12.3 Å². The van der Waals surface area contributed by atoms with Crippen molar-refractivity contribution in [2.24, 2.45) is 5.92 Å². The van der Waals surface area contributed by atoms with Gasteiger partial charge in [0, 0.05) is 19.5 Å². The maximum Gasteiger partial charge on any atom is 0.433 e. The van der Waals surface area contributed by atoms with Gasteiger partial charge in [0.05, 0.1) is 18.4 Å². The fourth-order valence-electron chi connectivity index (χ4n) is 2.66. The van der Waals surface area contributed by atoms with Crippen molar-refractivity contribution in [3.05, 3.63) is 24.0 Å². The largest absolute Gasteiger partial charge is 0.433 e. The molecule has 24 heavy (non-hydrogen) atoms. The molecule has 1 aliphatic heterocycles. The van der Waals surface area contributed by atoms with E-state index in [1.165, 1.54) is 12.3 Å². The lowest BCUT2D eigenvalue weighted by molar-refractivity contribution is -0.141. The summed E-state index contributed by atoms with van der Waals surface area (Å²) in [6.07, 6.45) is -4.31. The van der Waals surface area contributed by atoms with Crippen LogP contribution in [-0.2, 0) is 11.0 Å². The van der Waals surface area contributed by atoms with E-state index >= 15 is 0 Å². The monoisotopic (exact) mass is 351 g/mol. The van der Waals surface area contributed by atoms with Gasteiger partial charge in [0.15, 0.2) is 0 Å². The quantitative estimate of drug-likeness (QED) is 0.830. The summed E-state index contributed by atoms with van der Waals surface area (Å²) in [5, 5.41) is 2.17. The molecule has 134 valence electrons. The van der Waals surface area contributed by atoms with E-state index in [0.29, 0.717) is 31.6 Å². The number of alkyl halides is 5. The smallest absolute Gasteiger partial charge is 0.370 e. The first-order valence-corrected chi connectivity index (χ1v) is 7.58. The predicted octanol–water partition coefficient (Wildman–Crippen LogP) is 3.09. The highest BCUT2D eigenvalue weighted by atomic mass is 19.4. The Morgan fingerprint density at radius 3 is 2.46 bits per heavy atom. The minimum atomic E-state index is -4.46. The second-order valence-corrected chi connectivity index (χ2v) is 5.73. The van der Waals surface area contributed by atoms with Crippen LogP contribution in [0.1, 0.15) is 25.0 Å². The molecule has 1 fully saturated rings. The zero-order valence-corrected chi connectivity index (χ0v) is 12.8. The molecule has 1 N–H and O–H groups in total. The normalized spacial score (nSPS) is 16.5. The van der Waals surface area contributed by atoms with Crippen LogP contribution in [0.2, 0.25) is 0 Å². The second-order valence-electron chi connectivity index (χ2n) is 5.73. The summed E-state index contributed by atoms with van der Waals surface area (Å²) in [7, 11) is 0. The predicted molar refractivity (Wildman–Crippen MR) is 77.8 cm³/mol. The van der Waals surface area contributed by atoms with Gasteiger partial charge in [-0.3, -0.25) is 4.79 Å². The number of carbonyl (C=O) groups is 1. The topological polar surface area (TPSA) is 45.2 Å². The van der Waals surface area contributed by atoms with Gasteiger partial charge in [-0.2, -0.15) is 13.2 Å². The molecule has 1 aromatic rings. The number of nitrogens with one attached hydrogen (secondary N) is 1. The molecule has 2 rings (SSSR count). The van der Waals surface area contributed by atoms with Crippen molar-refractivity contribution in [3.8, 4) is 0 Å². The fourth-order valence-corrected chi connectivity index (χ4v) is 2.66. The minimum absolute atomic E-state index is 0.0846. The Morgan fingerprint density at radius 2 is 1.96 bits per heavy atom. The Balaban J connectivity index is 1.81. The van der Waals surface area contributed by atoms with Crippen LogP contribution in [0.3, 0.4) is 0 Å². The first-order valence-electron chi connectivity index (χ1n) is 7.58. The van der Waals surface area contributed by atoms with E-state index < -0.39 is 30.7 Å². The van der Waals surface area contributed by atoms with Crippen molar-refractivity contribution in [2.75, 3.05) is 24.5 Å². The van der Waals surface area contributed by atoms with Crippen LogP contribution >= 0.6 is 0 Å². The highest BCUT2D eigenvalue weighted by molar-refractivity contribution is 5.76. The van der Waals surface area contributed by atoms with Crippen LogP contribution in [0.25, 0.3) is 0 Å². The summed E-state index contributed by atoms with van der Waals surface area (Å²) in [4.78, 5) is 16.9. The maximum atomic E-state index is 12.5. The van der Waals surface area contributed by atoms with Crippen molar-refractivity contribution >= 4 is 11.6 Å². The third kappa shape index (κ3) is 5.31. The van der Waals surface area contributed by atoms with E-state index in [4.69, 9.17) is 0 Å². The Morgan fingerprint density at radius 1 is 1.29 bits per heavy atom. The zero-order chi connectivity index (χ0) is 17.7. The van der Waals surface area contributed by atoms with Crippen molar-refractivity contribution in [3.63, 3.8) is 0 Å². The molecule has 1 aliphatic rings. The number of carbonyl (C=O) groups excluding carboxylic acids is 1. The van der Waals surface area contributed by atoms with E-state index in [9.17, 15) is 26.7 Å². The second kappa shape index (κ2) is 7.76. The Kier molecular flexibility index (Phi) is 5.95. The van der Waals surface area contributed by atoms with E-state index in [1.807, 2.05) is 4.90 Å². The molecule has 0 aromatic carbocycles. The van der Waals surface area contributed by atoms with Gasteiger partial charge < -0.3 is 10.2 Å². The van der Waals surface area contributed by atoms with Crippen molar-refractivity contribution < 1.29 is 26.7 Å². The lowest BCUT2D eigenvalue weighted by Gasteiger charge is -2.33. The van der Waals surface area contributed by atoms with Crippen LogP contribution < -0.4 is 10.2 Å². The maximum absolute atomic E-state index is 12.5. The molecule has 9 heteroatoms. The number of aromatic nitrogens is 1. The molecule has 2 heterocycles. The number of anilines is 1. The lowest BCUT2D eigenvalue weighted by atomic mass is 9.93. The van der Waals surface area contributed by atoms with Gasteiger partial charge in [0.2, 0.25) is 5.91 Å². The number of hydrogen-bond donors (Lipinski definition) is 1. The average molecular weight is 351 g/mol. The molecule has 1 amide bonds. The SMILES string of the molecule is O=C(CC1CCN(c2ccc(C(F)(F)F)nc2)CC1)NCC(F)F. The van der Waals surface area contributed by atoms with E-state index in [1.54, 1.807) is 0 Å². The van der Waals surface area contributed by atoms with Crippen LogP contribution in [0.15, 0.2) is 18.3 Å². The molecular formula is C15H18F5N3O. The number of nitrogens with zero attached hydrogens (tertiary/aromatic N) is 2. The van der Waals surface area contributed by atoms with E-state index in [0.717, 1.165) is 6.07 Å². The summed E-state index contributed by atoms with van der Waals surface area (Å²) >= 11 is 0. The van der Waals surface area contributed by atoms with E-state index in [2.05, 4.69) is 10.3 Å². The van der Waals surface area contributed by atoms with Crippen LogP contribution in [0, 0.1) is 5.92 Å². The van der Waals surface area contributed by atoms with Crippen LogP contribution in [0.4, 0.5) is 27.6 Å². The molecule has 0 radical (unpaired) electrons. The van der Waals surface area contributed by atoms with Gasteiger partial charge >= 0.3 is 6.18 Å². The number of halogens is 5. The molecule has 0 saturated carbocycles. The van der Waals surface area contributed by atoms with Gasteiger partial charge in [-0.15, -0.1) is 0 Å². The van der Waals surface area contributed by atoms with Gasteiger partial charge in [-0.1, -0.05) is 0 Å². The van der Waals surface area contributed by atoms with Crippen molar-refractivity contribution in [2.45, 2.75) is 31.9 Å². The molecule has 4 nitrogen and oxygen atoms in total. The molecule has 0 spiro atoms. The van der Waals surface area contributed by atoms with Crippen LogP contribution in [0.5, 0.6) is 0 Å². The molecular weight excluding hydrogens is 333 g/mol. The van der Waals surface area contributed by atoms with Crippen molar-refractivity contribution in [1.82, 2.24) is 10.3 Å².